The molecule has 0 aliphatic heterocycles. The lowest BCUT2D eigenvalue weighted by atomic mass is 9.97. The van der Waals surface area contributed by atoms with Crippen molar-refractivity contribution in [2.75, 3.05) is 0 Å². The average Bonchev–Trinajstić information content (AvgIpc) is 2.69. The van der Waals surface area contributed by atoms with Gasteiger partial charge in [-0.2, -0.15) is 21.6 Å². The third-order valence-electron chi connectivity index (χ3n) is 4.87. The molecule has 3 nitrogen and oxygen atoms in total. The third kappa shape index (κ3) is 4.85. The highest BCUT2D eigenvalue weighted by Gasteiger charge is 2.49. The van der Waals surface area contributed by atoms with E-state index in [9.17, 15) is 34.8 Å². The van der Waals surface area contributed by atoms with Crippen LogP contribution in [0, 0.1) is 17.5 Å². The van der Waals surface area contributed by atoms with Gasteiger partial charge in [0.2, 0.25) is 0 Å². The molecule has 0 amide bonds. The Kier molecular flexibility index (Phi) is 6.73. The van der Waals surface area contributed by atoms with Gasteiger partial charge in [-0.25, -0.2) is 13.2 Å². The second-order valence-electron chi connectivity index (χ2n) is 7.19. The third-order valence-corrected chi connectivity index (χ3v) is 5.83. The van der Waals surface area contributed by atoms with Crippen LogP contribution >= 0.6 is 0 Å². The van der Waals surface area contributed by atoms with Gasteiger partial charge in [-0.15, -0.1) is 0 Å². The van der Waals surface area contributed by atoms with Crippen LogP contribution in [0.5, 0.6) is 5.75 Å². The van der Waals surface area contributed by atoms with E-state index in [0.717, 1.165) is 37.0 Å². The van der Waals surface area contributed by atoms with Crippen LogP contribution in [0.4, 0.5) is 26.3 Å². The van der Waals surface area contributed by atoms with E-state index in [1.165, 1.54) is 18.2 Å². The predicted molar refractivity (Wildman–Crippen MR) is 108 cm³/mol. The summed E-state index contributed by atoms with van der Waals surface area (Å²) in [6.45, 7) is 2.05. The summed E-state index contributed by atoms with van der Waals surface area (Å²) in [7, 11) is -6.14. The molecule has 3 aromatic rings. The molecule has 0 fully saturated rings. The van der Waals surface area contributed by atoms with E-state index >= 15 is 0 Å². The molecular weight excluding hydrogens is 458 g/mol. The minimum atomic E-state index is -6.14. The van der Waals surface area contributed by atoms with E-state index < -0.39 is 44.2 Å². The van der Waals surface area contributed by atoms with Crippen molar-refractivity contribution in [2.45, 2.75) is 38.1 Å². The molecule has 32 heavy (non-hydrogen) atoms. The molecule has 3 aromatic carbocycles. The van der Waals surface area contributed by atoms with Gasteiger partial charge in [-0.3, -0.25) is 0 Å². The Labute approximate surface area is 180 Å². The molecule has 0 atom stereocenters. The van der Waals surface area contributed by atoms with Crippen LogP contribution in [-0.2, 0) is 16.5 Å². The Hall–Kier alpha value is -2.75. The molecule has 0 bridgehead atoms. The first kappa shape index (κ1) is 23.9. The lowest BCUT2D eigenvalue weighted by Crippen LogP contribution is -2.28. The fraction of sp³-hybridized carbons (Fsp3) is 0.273. The van der Waals surface area contributed by atoms with E-state index in [-0.39, 0.29) is 16.5 Å². The number of alkyl halides is 3. The molecular formula is C22H18F6O3S. The molecule has 3 rings (SSSR count). The number of unbranched alkanes of at least 4 members (excludes halogenated alkanes) is 2. The van der Waals surface area contributed by atoms with Gasteiger partial charge in [0, 0.05) is 5.56 Å². The van der Waals surface area contributed by atoms with Crippen molar-refractivity contribution in [1.82, 2.24) is 0 Å². The SMILES string of the molecule is CCCCCc1ccc(-c2cc(F)c3c(F)c(OS(=O)(=O)C(F)(F)F)ccc3c2)c(F)c1. The smallest absolute Gasteiger partial charge is 0.373 e. The maximum absolute atomic E-state index is 14.7. The fourth-order valence-electron chi connectivity index (χ4n) is 3.27. The molecule has 0 N–H and O–H groups in total. The van der Waals surface area contributed by atoms with Gasteiger partial charge >= 0.3 is 15.6 Å². The summed E-state index contributed by atoms with van der Waals surface area (Å²) in [6.07, 6.45) is 3.60. The normalized spacial score (nSPS) is 12.3. The van der Waals surface area contributed by atoms with E-state index in [1.807, 2.05) is 6.92 Å². The van der Waals surface area contributed by atoms with Crippen molar-refractivity contribution in [3.63, 3.8) is 0 Å². The van der Waals surface area contributed by atoms with Crippen molar-refractivity contribution in [3.8, 4) is 16.9 Å². The van der Waals surface area contributed by atoms with E-state index in [0.29, 0.717) is 12.5 Å². The van der Waals surface area contributed by atoms with Crippen LogP contribution in [0.1, 0.15) is 31.7 Å². The van der Waals surface area contributed by atoms with Crippen molar-refractivity contribution < 1.29 is 38.9 Å². The van der Waals surface area contributed by atoms with Crippen LogP contribution in [0.25, 0.3) is 21.9 Å². The zero-order valence-corrected chi connectivity index (χ0v) is 17.6. The summed E-state index contributed by atoms with van der Waals surface area (Å²) in [5.74, 6) is -4.74. The molecule has 0 spiro atoms. The second-order valence-corrected chi connectivity index (χ2v) is 8.73. The maximum atomic E-state index is 14.7. The number of fused-ring (bicyclic) bond motifs is 1. The summed E-state index contributed by atoms with van der Waals surface area (Å²) in [5, 5.41) is -0.888. The largest absolute Gasteiger partial charge is 0.534 e. The Morgan fingerprint density at radius 1 is 0.906 bits per heavy atom. The van der Waals surface area contributed by atoms with Crippen LogP contribution < -0.4 is 4.18 Å². The van der Waals surface area contributed by atoms with Gasteiger partial charge in [-0.1, -0.05) is 38.0 Å². The molecule has 172 valence electrons. The van der Waals surface area contributed by atoms with Gasteiger partial charge in [-0.05, 0) is 53.6 Å². The summed E-state index contributed by atoms with van der Waals surface area (Å²) >= 11 is 0. The first-order chi connectivity index (χ1) is 14.9. The first-order valence-electron chi connectivity index (χ1n) is 9.66. The van der Waals surface area contributed by atoms with Crippen LogP contribution in [0.15, 0.2) is 42.5 Å². The molecule has 0 aliphatic carbocycles. The fourth-order valence-corrected chi connectivity index (χ4v) is 3.73. The lowest BCUT2D eigenvalue weighted by molar-refractivity contribution is -0.0500. The quantitative estimate of drug-likeness (QED) is 0.162. The topological polar surface area (TPSA) is 43.4 Å². The zero-order chi connectivity index (χ0) is 23.7. The Bertz CT molecular complexity index is 1250. The van der Waals surface area contributed by atoms with Crippen LogP contribution in [-0.4, -0.2) is 13.9 Å². The van der Waals surface area contributed by atoms with Crippen molar-refractivity contribution in [3.05, 3.63) is 65.5 Å². The lowest BCUT2D eigenvalue weighted by Gasteiger charge is -2.13. The Morgan fingerprint density at radius 3 is 2.25 bits per heavy atom. The van der Waals surface area contributed by atoms with Gasteiger partial charge in [0.15, 0.2) is 11.6 Å². The summed E-state index contributed by atoms with van der Waals surface area (Å²) in [4.78, 5) is 0. The number of benzene rings is 3. The van der Waals surface area contributed by atoms with Gasteiger partial charge < -0.3 is 4.18 Å². The van der Waals surface area contributed by atoms with Crippen LogP contribution in [0.2, 0.25) is 0 Å². The summed E-state index contributed by atoms with van der Waals surface area (Å²) in [5.41, 5.74) is -4.86. The molecule has 10 heteroatoms. The number of hydrogen-bond donors (Lipinski definition) is 0. The monoisotopic (exact) mass is 476 g/mol. The predicted octanol–water partition coefficient (Wildman–Crippen LogP) is 6.89. The van der Waals surface area contributed by atoms with Crippen molar-refractivity contribution in [1.29, 1.82) is 0 Å². The van der Waals surface area contributed by atoms with Crippen molar-refractivity contribution >= 4 is 20.9 Å². The highest BCUT2D eigenvalue weighted by atomic mass is 32.2. The van der Waals surface area contributed by atoms with E-state index in [1.54, 1.807) is 6.07 Å². The van der Waals surface area contributed by atoms with Gasteiger partial charge in [0.25, 0.3) is 0 Å². The van der Waals surface area contributed by atoms with Crippen molar-refractivity contribution in [2.24, 2.45) is 0 Å². The summed E-state index contributed by atoms with van der Waals surface area (Å²) < 4.78 is 107. The number of rotatable bonds is 7. The summed E-state index contributed by atoms with van der Waals surface area (Å²) in [6, 6.07) is 8.21. The average molecular weight is 476 g/mol. The first-order valence-corrected chi connectivity index (χ1v) is 11.1. The molecule has 0 saturated heterocycles. The van der Waals surface area contributed by atoms with Gasteiger partial charge in [0.05, 0.1) is 5.39 Å². The molecule has 0 heterocycles. The maximum Gasteiger partial charge on any atom is 0.534 e. The standard InChI is InChI=1S/C22H18F6O3S/c1-2-3-4-5-13-6-8-16(17(23)10-13)15-11-14-7-9-19(21(25)20(14)18(24)12-15)31-32(29,30)22(26,27)28/h6-12H,2-5H2,1H3. The highest BCUT2D eigenvalue weighted by Crippen LogP contribution is 2.35. The zero-order valence-electron chi connectivity index (χ0n) is 16.8. The van der Waals surface area contributed by atoms with Gasteiger partial charge in [0.1, 0.15) is 11.6 Å². The molecule has 0 saturated carbocycles. The van der Waals surface area contributed by atoms with Crippen LogP contribution in [0.3, 0.4) is 0 Å². The Morgan fingerprint density at radius 2 is 1.62 bits per heavy atom. The number of aryl methyl sites for hydroxylation is 1. The molecule has 0 aromatic heterocycles. The number of hydrogen-bond acceptors (Lipinski definition) is 3. The number of halogens is 6. The minimum Gasteiger partial charge on any atom is -0.373 e. The minimum absolute atomic E-state index is 0.0606. The molecule has 0 aliphatic rings. The molecule has 0 unspecified atom stereocenters. The Balaban J connectivity index is 1.99. The highest BCUT2D eigenvalue weighted by molar-refractivity contribution is 7.88. The second kappa shape index (κ2) is 9.01. The van der Waals surface area contributed by atoms with E-state index in [2.05, 4.69) is 4.18 Å². The van der Waals surface area contributed by atoms with E-state index in [4.69, 9.17) is 0 Å². The molecule has 0 radical (unpaired) electrons.